The minimum absolute atomic E-state index is 0.345. The molecule has 0 radical (unpaired) electrons. The van der Waals surface area contributed by atoms with Gasteiger partial charge in [0.1, 0.15) is 0 Å². The van der Waals surface area contributed by atoms with E-state index in [1.807, 2.05) is 0 Å². The number of rotatable bonds is 1. The van der Waals surface area contributed by atoms with E-state index in [-0.39, 0.29) is 0 Å². The SMILES string of the molecule is Nc1ccsc1-c1nc2ccc(C(F)(F)F)cc2[nH]1. The molecule has 0 saturated heterocycles. The Morgan fingerprint density at radius 3 is 2.63 bits per heavy atom. The third kappa shape index (κ3) is 2.06. The Labute approximate surface area is 109 Å². The van der Waals surface area contributed by atoms with Crippen LogP contribution in [0.1, 0.15) is 5.56 Å². The summed E-state index contributed by atoms with van der Waals surface area (Å²) in [7, 11) is 0. The van der Waals surface area contributed by atoms with Gasteiger partial charge in [0.15, 0.2) is 5.82 Å². The van der Waals surface area contributed by atoms with Crippen molar-refractivity contribution < 1.29 is 13.2 Å². The number of H-pyrrole nitrogens is 1. The molecule has 2 aromatic heterocycles. The van der Waals surface area contributed by atoms with E-state index >= 15 is 0 Å². The summed E-state index contributed by atoms with van der Waals surface area (Å²) >= 11 is 1.39. The van der Waals surface area contributed by atoms with Crippen LogP contribution in [0.3, 0.4) is 0 Å². The van der Waals surface area contributed by atoms with Gasteiger partial charge < -0.3 is 10.7 Å². The summed E-state index contributed by atoms with van der Waals surface area (Å²) in [5.74, 6) is 0.488. The molecule has 7 heteroatoms. The van der Waals surface area contributed by atoms with Crippen molar-refractivity contribution in [2.45, 2.75) is 6.18 Å². The van der Waals surface area contributed by atoms with Gasteiger partial charge >= 0.3 is 6.18 Å². The Hall–Kier alpha value is -2.02. The van der Waals surface area contributed by atoms with Crippen LogP contribution in [-0.2, 0) is 6.18 Å². The predicted octanol–water partition coefficient (Wildman–Crippen LogP) is 3.89. The highest BCUT2D eigenvalue weighted by molar-refractivity contribution is 7.14. The third-order valence-corrected chi connectivity index (χ3v) is 3.66. The normalized spacial score (nSPS) is 12.2. The first kappa shape index (κ1) is 12.0. The highest BCUT2D eigenvalue weighted by Crippen LogP contribution is 2.34. The van der Waals surface area contributed by atoms with Gasteiger partial charge in [-0.05, 0) is 29.6 Å². The number of benzene rings is 1. The average Bonchev–Trinajstić information content (AvgIpc) is 2.91. The molecule has 0 amide bonds. The van der Waals surface area contributed by atoms with Gasteiger partial charge in [0.25, 0.3) is 0 Å². The summed E-state index contributed by atoms with van der Waals surface area (Å²) in [6.07, 6.45) is -4.36. The summed E-state index contributed by atoms with van der Waals surface area (Å²) in [5.41, 5.74) is 6.45. The lowest BCUT2D eigenvalue weighted by Crippen LogP contribution is -2.04. The number of hydrogen-bond acceptors (Lipinski definition) is 3. The van der Waals surface area contributed by atoms with Crippen molar-refractivity contribution in [3.8, 4) is 10.7 Å². The molecule has 0 fully saturated rings. The van der Waals surface area contributed by atoms with Crippen LogP contribution in [0, 0.1) is 0 Å². The van der Waals surface area contributed by atoms with Gasteiger partial charge in [-0.2, -0.15) is 13.2 Å². The molecule has 0 bridgehead atoms. The average molecular weight is 283 g/mol. The summed E-state index contributed by atoms with van der Waals surface area (Å²) in [6, 6.07) is 5.15. The number of fused-ring (bicyclic) bond motifs is 1. The number of thiophene rings is 1. The predicted molar refractivity (Wildman–Crippen MR) is 68.8 cm³/mol. The molecule has 98 valence electrons. The fourth-order valence-corrected chi connectivity index (χ4v) is 2.57. The van der Waals surface area contributed by atoms with Crippen molar-refractivity contribution in [2.75, 3.05) is 5.73 Å². The molecule has 0 saturated carbocycles. The van der Waals surface area contributed by atoms with E-state index in [1.54, 1.807) is 11.4 Å². The number of nitrogens with two attached hydrogens (primary N) is 1. The molecule has 3 nitrogen and oxygen atoms in total. The Morgan fingerprint density at radius 2 is 2.00 bits per heavy atom. The molecule has 0 spiro atoms. The van der Waals surface area contributed by atoms with E-state index in [9.17, 15) is 13.2 Å². The Kier molecular flexibility index (Phi) is 2.53. The zero-order chi connectivity index (χ0) is 13.6. The number of nitrogens with zero attached hydrogens (tertiary/aromatic N) is 1. The number of hydrogen-bond donors (Lipinski definition) is 2. The Morgan fingerprint density at radius 1 is 1.21 bits per heavy atom. The van der Waals surface area contributed by atoms with Crippen molar-refractivity contribution in [3.63, 3.8) is 0 Å². The molecule has 2 heterocycles. The van der Waals surface area contributed by atoms with Gasteiger partial charge in [-0.15, -0.1) is 11.3 Å². The van der Waals surface area contributed by atoms with Crippen LogP contribution in [0.5, 0.6) is 0 Å². The van der Waals surface area contributed by atoms with Crippen LogP contribution in [0.25, 0.3) is 21.7 Å². The summed E-state index contributed by atoms with van der Waals surface area (Å²) < 4.78 is 37.8. The van der Waals surface area contributed by atoms with E-state index in [2.05, 4.69) is 9.97 Å². The van der Waals surface area contributed by atoms with Crippen LogP contribution in [0.15, 0.2) is 29.6 Å². The van der Waals surface area contributed by atoms with Crippen molar-refractivity contribution in [3.05, 3.63) is 35.2 Å². The van der Waals surface area contributed by atoms with Crippen molar-refractivity contribution in [1.29, 1.82) is 0 Å². The first-order valence-electron chi connectivity index (χ1n) is 5.35. The largest absolute Gasteiger partial charge is 0.416 e. The smallest absolute Gasteiger partial charge is 0.397 e. The topological polar surface area (TPSA) is 54.7 Å². The van der Waals surface area contributed by atoms with E-state index in [1.165, 1.54) is 17.4 Å². The fourth-order valence-electron chi connectivity index (χ4n) is 1.81. The molecule has 19 heavy (non-hydrogen) atoms. The zero-order valence-electron chi connectivity index (χ0n) is 9.45. The van der Waals surface area contributed by atoms with Crippen LogP contribution < -0.4 is 5.73 Å². The van der Waals surface area contributed by atoms with Crippen LogP contribution >= 0.6 is 11.3 Å². The number of imidazole rings is 1. The van der Waals surface area contributed by atoms with E-state index in [4.69, 9.17) is 5.73 Å². The third-order valence-electron chi connectivity index (χ3n) is 2.72. The maximum absolute atomic E-state index is 12.6. The number of alkyl halides is 3. The zero-order valence-corrected chi connectivity index (χ0v) is 10.3. The van der Waals surface area contributed by atoms with Crippen molar-refractivity contribution >= 4 is 28.1 Å². The fraction of sp³-hybridized carbons (Fsp3) is 0.0833. The molecule has 3 aromatic rings. The number of anilines is 1. The summed E-state index contributed by atoms with van der Waals surface area (Å²) in [6.45, 7) is 0. The van der Waals surface area contributed by atoms with Crippen LogP contribution in [0.4, 0.5) is 18.9 Å². The first-order chi connectivity index (χ1) is 8.95. The molecule has 1 aromatic carbocycles. The molecule has 0 atom stereocenters. The number of halogens is 3. The molecular formula is C12H8F3N3S. The second kappa shape index (κ2) is 3.99. The number of nitrogen functional groups attached to an aromatic ring is 1. The maximum atomic E-state index is 12.6. The van der Waals surface area contributed by atoms with Gasteiger partial charge in [-0.25, -0.2) is 4.98 Å². The lowest BCUT2D eigenvalue weighted by molar-refractivity contribution is -0.137. The van der Waals surface area contributed by atoms with Crippen LogP contribution in [-0.4, -0.2) is 9.97 Å². The minimum Gasteiger partial charge on any atom is -0.397 e. The van der Waals surface area contributed by atoms with Gasteiger partial charge in [0.05, 0.1) is 27.2 Å². The summed E-state index contributed by atoms with van der Waals surface area (Å²) in [5, 5.41) is 1.80. The van der Waals surface area contributed by atoms with Crippen molar-refractivity contribution in [1.82, 2.24) is 9.97 Å². The second-order valence-electron chi connectivity index (χ2n) is 4.02. The highest BCUT2D eigenvalue weighted by atomic mass is 32.1. The number of nitrogens with one attached hydrogen (secondary N) is 1. The minimum atomic E-state index is -4.36. The maximum Gasteiger partial charge on any atom is 0.416 e. The molecule has 0 unspecified atom stereocenters. The standard InChI is InChI=1S/C12H8F3N3S/c13-12(14,15)6-1-2-8-9(5-6)18-11(17-8)10-7(16)3-4-19-10/h1-5H,16H2,(H,17,18). The van der Waals surface area contributed by atoms with E-state index in [0.717, 1.165) is 17.0 Å². The van der Waals surface area contributed by atoms with Gasteiger partial charge in [0, 0.05) is 0 Å². The van der Waals surface area contributed by atoms with E-state index < -0.39 is 11.7 Å². The quantitative estimate of drug-likeness (QED) is 0.711. The molecule has 0 aliphatic rings. The van der Waals surface area contributed by atoms with Gasteiger partial charge in [-0.1, -0.05) is 0 Å². The van der Waals surface area contributed by atoms with Gasteiger partial charge in [0.2, 0.25) is 0 Å². The molecular weight excluding hydrogens is 275 g/mol. The molecule has 0 aliphatic carbocycles. The van der Waals surface area contributed by atoms with Crippen molar-refractivity contribution in [2.24, 2.45) is 0 Å². The van der Waals surface area contributed by atoms with E-state index in [0.29, 0.717) is 22.5 Å². The number of aromatic amines is 1. The van der Waals surface area contributed by atoms with Gasteiger partial charge in [-0.3, -0.25) is 0 Å². The van der Waals surface area contributed by atoms with Crippen LogP contribution in [0.2, 0.25) is 0 Å². The lowest BCUT2D eigenvalue weighted by atomic mass is 10.2. The first-order valence-corrected chi connectivity index (χ1v) is 6.23. The molecule has 3 rings (SSSR count). The Bertz CT molecular complexity index is 742. The monoisotopic (exact) mass is 283 g/mol. The molecule has 3 N–H and O–H groups in total. The number of aromatic nitrogens is 2. The lowest BCUT2D eigenvalue weighted by Gasteiger charge is -2.05. The Balaban J connectivity index is 2.14. The highest BCUT2D eigenvalue weighted by Gasteiger charge is 2.30. The second-order valence-corrected chi connectivity index (χ2v) is 4.94. The summed E-state index contributed by atoms with van der Waals surface area (Å²) in [4.78, 5) is 7.84. The molecule has 0 aliphatic heterocycles.